The van der Waals surface area contributed by atoms with Crippen LogP contribution < -0.4 is 15.2 Å². The number of ether oxygens (including phenoxy) is 2. The molecule has 0 amide bonds. The Morgan fingerprint density at radius 2 is 1.80 bits per heavy atom. The first-order valence-corrected chi connectivity index (χ1v) is 4.37. The van der Waals surface area contributed by atoms with Gasteiger partial charge < -0.3 is 15.2 Å². The normalized spacial score (nSPS) is 12.3. The Balaban J connectivity index is 3.19. The summed E-state index contributed by atoms with van der Waals surface area (Å²) in [5.41, 5.74) is 5.48. The van der Waals surface area contributed by atoms with E-state index in [2.05, 4.69) is 0 Å². The van der Waals surface area contributed by atoms with Gasteiger partial charge in [0.2, 0.25) is 0 Å². The second-order valence-electron chi connectivity index (χ2n) is 2.99. The van der Waals surface area contributed by atoms with Gasteiger partial charge in [-0.2, -0.15) is 0 Å². The van der Waals surface area contributed by atoms with Crippen molar-refractivity contribution in [1.82, 2.24) is 0 Å². The number of nitrogens with two attached hydrogens (primary N) is 1. The third-order valence-electron chi connectivity index (χ3n) is 2.07. The molecule has 0 saturated heterocycles. The predicted molar refractivity (Wildman–Crippen MR) is 52.4 cm³/mol. The van der Waals surface area contributed by atoms with E-state index in [0.717, 1.165) is 6.07 Å². The van der Waals surface area contributed by atoms with Gasteiger partial charge in [-0.1, -0.05) is 0 Å². The van der Waals surface area contributed by atoms with Crippen molar-refractivity contribution in [3.63, 3.8) is 0 Å². The Morgan fingerprint density at radius 3 is 2.27 bits per heavy atom. The van der Waals surface area contributed by atoms with Crippen molar-refractivity contribution in [1.29, 1.82) is 0 Å². The van der Waals surface area contributed by atoms with Crippen LogP contribution in [0.4, 0.5) is 8.78 Å². The van der Waals surface area contributed by atoms with Crippen LogP contribution in [-0.2, 0) is 0 Å². The maximum atomic E-state index is 13.4. The molecule has 0 unspecified atom stereocenters. The summed E-state index contributed by atoms with van der Waals surface area (Å²) in [6.45, 7) is -0.827. The van der Waals surface area contributed by atoms with Gasteiger partial charge in [-0.3, -0.25) is 0 Å². The van der Waals surface area contributed by atoms with E-state index in [1.165, 1.54) is 20.3 Å². The number of benzene rings is 1. The minimum absolute atomic E-state index is 0.0788. The molecule has 0 heterocycles. The lowest BCUT2D eigenvalue weighted by Gasteiger charge is -2.13. The van der Waals surface area contributed by atoms with Crippen LogP contribution in [0.1, 0.15) is 11.6 Å². The molecule has 3 nitrogen and oxygen atoms in total. The summed E-state index contributed by atoms with van der Waals surface area (Å²) in [6, 6.07) is 1.49. The van der Waals surface area contributed by atoms with Crippen molar-refractivity contribution in [2.45, 2.75) is 6.04 Å². The van der Waals surface area contributed by atoms with Gasteiger partial charge in [-0.15, -0.1) is 0 Å². The van der Waals surface area contributed by atoms with E-state index in [-0.39, 0.29) is 11.3 Å². The van der Waals surface area contributed by atoms with Crippen molar-refractivity contribution >= 4 is 0 Å². The highest BCUT2D eigenvalue weighted by molar-refractivity contribution is 5.44. The molecule has 84 valence electrons. The standard InChI is InChI=1S/C10H13F2NO2/c1-14-9-3-6(8(13)5-11)7(12)4-10(9)15-2/h3-4,8H,5,13H2,1-2H3/t8-/m0/s1. The van der Waals surface area contributed by atoms with Gasteiger partial charge >= 0.3 is 0 Å². The van der Waals surface area contributed by atoms with E-state index >= 15 is 0 Å². The Hall–Kier alpha value is -1.36. The fourth-order valence-corrected chi connectivity index (χ4v) is 1.24. The molecule has 1 aromatic carbocycles. The van der Waals surface area contributed by atoms with E-state index in [4.69, 9.17) is 15.2 Å². The molecule has 1 rings (SSSR count). The summed E-state index contributed by atoms with van der Waals surface area (Å²) in [4.78, 5) is 0. The maximum absolute atomic E-state index is 13.4. The topological polar surface area (TPSA) is 44.5 Å². The molecule has 0 aromatic heterocycles. The number of hydrogen-bond acceptors (Lipinski definition) is 3. The van der Waals surface area contributed by atoms with Crippen LogP contribution in [0.25, 0.3) is 0 Å². The monoisotopic (exact) mass is 217 g/mol. The predicted octanol–water partition coefficient (Wildman–Crippen LogP) is 1.81. The minimum Gasteiger partial charge on any atom is -0.493 e. The molecular formula is C10H13F2NO2. The molecular weight excluding hydrogens is 204 g/mol. The first kappa shape index (κ1) is 11.7. The molecule has 1 aromatic rings. The van der Waals surface area contributed by atoms with Crippen LogP contribution in [0.5, 0.6) is 11.5 Å². The third-order valence-corrected chi connectivity index (χ3v) is 2.07. The molecule has 0 bridgehead atoms. The summed E-state index contributed by atoms with van der Waals surface area (Å²) in [7, 11) is 2.81. The van der Waals surface area contributed by atoms with Gasteiger partial charge in [0, 0.05) is 11.6 Å². The van der Waals surface area contributed by atoms with E-state index in [0.29, 0.717) is 5.75 Å². The SMILES string of the molecule is COc1cc(F)c([C@@H](N)CF)cc1OC. The van der Waals surface area contributed by atoms with Crippen molar-refractivity contribution in [3.05, 3.63) is 23.5 Å². The number of hydrogen-bond donors (Lipinski definition) is 1. The molecule has 15 heavy (non-hydrogen) atoms. The Labute approximate surface area is 86.8 Å². The Kier molecular flexibility index (Phi) is 3.85. The van der Waals surface area contributed by atoms with Gasteiger partial charge in [-0.25, -0.2) is 8.78 Å². The maximum Gasteiger partial charge on any atom is 0.163 e. The zero-order valence-corrected chi connectivity index (χ0v) is 8.59. The first-order valence-electron chi connectivity index (χ1n) is 4.37. The van der Waals surface area contributed by atoms with Gasteiger partial charge in [-0.05, 0) is 6.07 Å². The number of alkyl halides is 1. The number of rotatable bonds is 4. The van der Waals surface area contributed by atoms with E-state index in [1.54, 1.807) is 0 Å². The molecule has 0 saturated carbocycles. The first-order chi connectivity index (χ1) is 7.13. The highest BCUT2D eigenvalue weighted by Crippen LogP contribution is 2.31. The van der Waals surface area contributed by atoms with Crippen LogP contribution in [0.2, 0.25) is 0 Å². The lowest BCUT2D eigenvalue weighted by atomic mass is 10.1. The smallest absolute Gasteiger partial charge is 0.163 e. The van der Waals surface area contributed by atoms with E-state index < -0.39 is 18.5 Å². The molecule has 0 aliphatic heterocycles. The van der Waals surface area contributed by atoms with Gasteiger partial charge in [0.1, 0.15) is 12.5 Å². The molecule has 2 N–H and O–H groups in total. The molecule has 0 spiro atoms. The average Bonchev–Trinajstić information content (AvgIpc) is 2.27. The lowest BCUT2D eigenvalue weighted by Crippen LogP contribution is -2.14. The van der Waals surface area contributed by atoms with Crippen LogP contribution in [0, 0.1) is 5.82 Å². The fraction of sp³-hybridized carbons (Fsp3) is 0.400. The quantitative estimate of drug-likeness (QED) is 0.836. The number of halogens is 2. The Bertz CT molecular complexity index is 344. The molecule has 0 fully saturated rings. The summed E-state index contributed by atoms with van der Waals surface area (Å²) in [5, 5.41) is 0. The van der Waals surface area contributed by atoms with Crippen LogP contribution in [0.3, 0.4) is 0 Å². The largest absolute Gasteiger partial charge is 0.493 e. The van der Waals surface area contributed by atoms with Crippen LogP contribution in [0.15, 0.2) is 12.1 Å². The van der Waals surface area contributed by atoms with E-state index in [9.17, 15) is 8.78 Å². The van der Waals surface area contributed by atoms with Crippen molar-refractivity contribution in [2.75, 3.05) is 20.9 Å². The zero-order valence-electron chi connectivity index (χ0n) is 8.59. The second kappa shape index (κ2) is 4.93. The van der Waals surface area contributed by atoms with Gasteiger partial charge in [0.15, 0.2) is 11.5 Å². The fourth-order valence-electron chi connectivity index (χ4n) is 1.24. The van der Waals surface area contributed by atoms with E-state index in [1.807, 2.05) is 0 Å². The molecule has 5 heteroatoms. The van der Waals surface area contributed by atoms with Crippen molar-refractivity contribution in [3.8, 4) is 11.5 Å². The van der Waals surface area contributed by atoms with Crippen LogP contribution in [-0.4, -0.2) is 20.9 Å². The zero-order chi connectivity index (χ0) is 11.4. The lowest BCUT2D eigenvalue weighted by molar-refractivity contribution is 0.349. The number of methoxy groups -OCH3 is 2. The van der Waals surface area contributed by atoms with Crippen LogP contribution >= 0.6 is 0 Å². The Morgan fingerprint density at radius 1 is 1.27 bits per heavy atom. The molecule has 0 radical (unpaired) electrons. The summed E-state index contributed by atoms with van der Waals surface area (Å²) >= 11 is 0. The highest BCUT2D eigenvalue weighted by atomic mass is 19.1. The van der Waals surface area contributed by atoms with Gasteiger partial charge in [0.05, 0.1) is 20.3 Å². The van der Waals surface area contributed by atoms with Crippen molar-refractivity contribution in [2.24, 2.45) is 5.73 Å². The highest BCUT2D eigenvalue weighted by Gasteiger charge is 2.16. The minimum atomic E-state index is -0.982. The molecule has 0 aliphatic rings. The average molecular weight is 217 g/mol. The molecule has 1 atom stereocenters. The summed E-state index contributed by atoms with van der Waals surface area (Å²) in [6.07, 6.45) is 0. The second-order valence-corrected chi connectivity index (χ2v) is 2.99. The third kappa shape index (κ3) is 2.36. The summed E-state index contributed by atoms with van der Waals surface area (Å²) in [5.74, 6) is -0.0135. The van der Waals surface area contributed by atoms with Gasteiger partial charge in [0.25, 0.3) is 0 Å². The van der Waals surface area contributed by atoms with Crippen molar-refractivity contribution < 1.29 is 18.3 Å². The summed E-state index contributed by atoms with van der Waals surface area (Å²) < 4.78 is 35.6. The molecule has 0 aliphatic carbocycles.